The Morgan fingerprint density at radius 2 is 1.70 bits per heavy atom. The van der Waals surface area contributed by atoms with Crippen molar-refractivity contribution in [2.24, 2.45) is 5.10 Å². The molecule has 0 bridgehead atoms. The van der Waals surface area contributed by atoms with Gasteiger partial charge >= 0.3 is 5.97 Å². The molecule has 1 amide bonds. The van der Waals surface area contributed by atoms with Crippen molar-refractivity contribution in [3.8, 4) is 11.5 Å². The number of esters is 1. The molecule has 136 valence electrons. The fourth-order valence-electron chi connectivity index (χ4n) is 2.15. The molecular weight excluding hydrogens is 364 g/mol. The number of carbonyl (C=O) groups is 2. The van der Waals surface area contributed by atoms with Crippen LogP contribution in [0.5, 0.6) is 11.5 Å². The molecular formula is C20H16N2O4S. The summed E-state index contributed by atoms with van der Waals surface area (Å²) in [6.07, 6.45) is 1.51. The first kappa shape index (κ1) is 18.3. The Labute approximate surface area is 160 Å². The van der Waals surface area contributed by atoms with Crippen molar-refractivity contribution in [3.05, 3.63) is 82.0 Å². The minimum atomic E-state index is -0.391. The summed E-state index contributed by atoms with van der Waals surface area (Å²) in [5.41, 5.74) is 3.68. The molecule has 0 aliphatic heterocycles. The van der Waals surface area contributed by atoms with Gasteiger partial charge in [-0.15, -0.1) is 11.3 Å². The number of benzene rings is 2. The lowest BCUT2D eigenvalue weighted by atomic mass is 10.2. The van der Waals surface area contributed by atoms with E-state index in [1.54, 1.807) is 67.8 Å². The Hall–Kier alpha value is -3.45. The molecule has 0 fully saturated rings. The highest BCUT2D eigenvalue weighted by Gasteiger charge is 2.09. The largest absolute Gasteiger partial charge is 0.497 e. The van der Waals surface area contributed by atoms with Crippen LogP contribution in [-0.2, 0) is 0 Å². The van der Waals surface area contributed by atoms with Gasteiger partial charge in [0.1, 0.15) is 16.4 Å². The van der Waals surface area contributed by atoms with Crippen molar-refractivity contribution < 1.29 is 19.1 Å². The lowest BCUT2D eigenvalue weighted by Gasteiger charge is -2.03. The summed E-state index contributed by atoms with van der Waals surface area (Å²) in [5.74, 6) is 0.399. The van der Waals surface area contributed by atoms with Gasteiger partial charge in [-0.25, -0.2) is 10.2 Å². The number of hydrogen-bond acceptors (Lipinski definition) is 6. The third kappa shape index (κ3) is 5.02. The third-order valence-corrected chi connectivity index (χ3v) is 4.39. The van der Waals surface area contributed by atoms with E-state index >= 15 is 0 Å². The van der Waals surface area contributed by atoms with E-state index in [1.807, 2.05) is 5.38 Å². The number of thiophene rings is 1. The SMILES string of the molecule is COc1ccc(C(=O)N/N=C/c2ccc(OC(=O)c3cccs3)cc2)cc1. The van der Waals surface area contributed by atoms with Crippen molar-refractivity contribution in [1.29, 1.82) is 0 Å². The van der Waals surface area contributed by atoms with Gasteiger partial charge in [-0.2, -0.15) is 5.10 Å². The van der Waals surface area contributed by atoms with Gasteiger partial charge in [-0.3, -0.25) is 4.79 Å². The van der Waals surface area contributed by atoms with Crippen LogP contribution in [0.25, 0.3) is 0 Å². The standard InChI is InChI=1S/C20H16N2O4S/c1-25-16-10-6-15(7-11-16)19(23)22-21-13-14-4-8-17(9-5-14)26-20(24)18-3-2-12-27-18/h2-13H,1H3,(H,22,23)/b21-13+. The third-order valence-electron chi connectivity index (χ3n) is 3.54. The first-order chi connectivity index (χ1) is 13.2. The summed E-state index contributed by atoms with van der Waals surface area (Å²) < 4.78 is 10.3. The molecule has 0 spiro atoms. The molecule has 2 aromatic carbocycles. The number of ether oxygens (including phenoxy) is 2. The van der Waals surface area contributed by atoms with Crippen LogP contribution < -0.4 is 14.9 Å². The monoisotopic (exact) mass is 380 g/mol. The fourth-order valence-corrected chi connectivity index (χ4v) is 2.75. The smallest absolute Gasteiger partial charge is 0.353 e. The Balaban J connectivity index is 1.54. The van der Waals surface area contributed by atoms with Gasteiger partial charge < -0.3 is 9.47 Å². The van der Waals surface area contributed by atoms with E-state index in [-0.39, 0.29) is 5.91 Å². The van der Waals surface area contributed by atoms with Gasteiger partial charge in [0.05, 0.1) is 13.3 Å². The number of rotatable bonds is 6. The van der Waals surface area contributed by atoms with Crippen LogP contribution >= 0.6 is 11.3 Å². The molecule has 1 N–H and O–H groups in total. The molecule has 27 heavy (non-hydrogen) atoms. The molecule has 3 aromatic rings. The van der Waals surface area contributed by atoms with Crippen molar-refractivity contribution in [1.82, 2.24) is 5.43 Å². The van der Waals surface area contributed by atoms with Gasteiger partial charge in [-0.05, 0) is 65.5 Å². The minimum absolute atomic E-state index is 0.324. The fraction of sp³-hybridized carbons (Fsp3) is 0.0500. The molecule has 0 aliphatic carbocycles. The van der Waals surface area contributed by atoms with E-state index in [0.29, 0.717) is 21.9 Å². The van der Waals surface area contributed by atoms with E-state index < -0.39 is 5.97 Å². The van der Waals surface area contributed by atoms with Crippen molar-refractivity contribution in [2.45, 2.75) is 0 Å². The molecule has 1 aromatic heterocycles. The summed E-state index contributed by atoms with van der Waals surface area (Å²) in [4.78, 5) is 24.4. The number of carbonyl (C=O) groups excluding carboxylic acids is 2. The Morgan fingerprint density at radius 3 is 2.33 bits per heavy atom. The maximum absolute atomic E-state index is 12.0. The highest BCUT2D eigenvalue weighted by molar-refractivity contribution is 7.12. The molecule has 6 nitrogen and oxygen atoms in total. The molecule has 0 saturated carbocycles. The first-order valence-corrected chi connectivity index (χ1v) is 8.87. The lowest BCUT2D eigenvalue weighted by Crippen LogP contribution is -2.17. The normalized spacial score (nSPS) is 10.6. The van der Waals surface area contributed by atoms with Gasteiger partial charge in [0.2, 0.25) is 0 Å². The molecule has 0 aliphatic rings. The Kier molecular flexibility index (Phi) is 5.96. The summed E-state index contributed by atoms with van der Waals surface area (Å²) in [6, 6.07) is 17.0. The first-order valence-electron chi connectivity index (χ1n) is 7.99. The quantitative estimate of drug-likeness (QED) is 0.306. The summed E-state index contributed by atoms with van der Waals surface area (Å²) in [5, 5.41) is 5.75. The number of methoxy groups -OCH3 is 1. The predicted octanol–water partition coefficient (Wildman–Crippen LogP) is 3.74. The predicted molar refractivity (Wildman–Crippen MR) is 104 cm³/mol. The van der Waals surface area contributed by atoms with E-state index in [1.165, 1.54) is 17.6 Å². The zero-order chi connectivity index (χ0) is 19.1. The number of hydrogen-bond donors (Lipinski definition) is 1. The summed E-state index contributed by atoms with van der Waals surface area (Å²) in [6.45, 7) is 0. The number of amides is 1. The molecule has 0 saturated heterocycles. The van der Waals surface area contributed by atoms with E-state index in [2.05, 4.69) is 10.5 Å². The van der Waals surface area contributed by atoms with Crippen LogP contribution in [0.15, 0.2) is 71.1 Å². The average Bonchev–Trinajstić information content (AvgIpc) is 3.24. The van der Waals surface area contributed by atoms with Crippen LogP contribution in [0.4, 0.5) is 0 Å². The lowest BCUT2D eigenvalue weighted by molar-refractivity contribution is 0.0739. The molecule has 0 unspecified atom stereocenters. The van der Waals surface area contributed by atoms with Gasteiger partial charge in [0, 0.05) is 5.56 Å². The van der Waals surface area contributed by atoms with Gasteiger partial charge in [-0.1, -0.05) is 6.07 Å². The average molecular weight is 380 g/mol. The second-order valence-corrected chi connectivity index (χ2v) is 6.31. The number of nitrogens with zero attached hydrogens (tertiary/aromatic N) is 1. The Morgan fingerprint density at radius 1 is 1.00 bits per heavy atom. The molecule has 7 heteroatoms. The number of hydrazone groups is 1. The summed E-state index contributed by atoms with van der Waals surface area (Å²) in [7, 11) is 1.56. The second-order valence-electron chi connectivity index (χ2n) is 5.36. The molecule has 0 radical (unpaired) electrons. The van der Waals surface area contributed by atoms with Crippen molar-refractivity contribution in [2.75, 3.05) is 7.11 Å². The van der Waals surface area contributed by atoms with Crippen LogP contribution in [0, 0.1) is 0 Å². The zero-order valence-corrected chi connectivity index (χ0v) is 15.2. The maximum Gasteiger partial charge on any atom is 0.353 e. The Bertz CT molecular complexity index is 933. The van der Waals surface area contributed by atoms with Crippen LogP contribution in [0.1, 0.15) is 25.6 Å². The summed E-state index contributed by atoms with van der Waals surface area (Å²) >= 11 is 1.32. The molecule has 0 atom stereocenters. The topological polar surface area (TPSA) is 77.0 Å². The van der Waals surface area contributed by atoms with Crippen LogP contribution in [0.2, 0.25) is 0 Å². The molecule has 3 rings (SSSR count). The van der Waals surface area contributed by atoms with E-state index in [0.717, 1.165) is 5.56 Å². The van der Waals surface area contributed by atoms with Gasteiger partial charge in [0.15, 0.2) is 0 Å². The maximum atomic E-state index is 12.0. The van der Waals surface area contributed by atoms with Crippen LogP contribution in [-0.4, -0.2) is 25.2 Å². The highest BCUT2D eigenvalue weighted by Crippen LogP contribution is 2.16. The highest BCUT2D eigenvalue weighted by atomic mass is 32.1. The van der Waals surface area contributed by atoms with Crippen molar-refractivity contribution >= 4 is 29.4 Å². The molecule has 1 heterocycles. The number of nitrogens with one attached hydrogen (secondary N) is 1. The van der Waals surface area contributed by atoms with Gasteiger partial charge in [0.25, 0.3) is 5.91 Å². The van der Waals surface area contributed by atoms with E-state index in [4.69, 9.17) is 9.47 Å². The second kappa shape index (κ2) is 8.77. The van der Waals surface area contributed by atoms with E-state index in [9.17, 15) is 9.59 Å². The minimum Gasteiger partial charge on any atom is -0.497 e. The van der Waals surface area contributed by atoms with Crippen molar-refractivity contribution in [3.63, 3.8) is 0 Å². The van der Waals surface area contributed by atoms with Crippen LogP contribution in [0.3, 0.4) is 0 Å². The zero-order valence-electron chi connectivity index (χ0n) is 14.4.